The van der Waals surface area contributed by atoms with Gasteiger partial charge in [0.2, 0.25) is 0 Å². The molecule has 0 fully saturated rings. The van der Waals surface area contributed by atoms with Crippen molar-refractivity contribution in [2.75, 3.05) is 6.54 Å². The fourth-order valence-corrected chi connectivity index (χ4v) is 3.63. The molecule has 0 aliphatic carbocycles. The number of amides is 1. The van der Waals surface area contributed by atoms with Crippen LogP contribution in [0.4, 0.5) is 0 Å². The van der Waals surface area contributed by atoms with Crippen LogP contribution in [0.5, 0.6) is 0 Å². The molecular weight excluding hydrogens is 250 g/mol. The van der Waals surface area contributed by atoms with Crippen LogP contribution in [0.25, 0.3) is 0 Å². The summed E-state index contributed by atoms with van der Waals surface area (Å²) in [6.07, 6.45) is 0. The largest absolute Gasteiger partial charge is 0.352 e. The zero-order chi connectivity index (χ0) is 13.1. The lowest BCUT2D eigenvalue weighted by Crippen LogP contribution is -2.44. The fraction of sp³-hybridized carbons (Fsp3) is 0.308. The Kier molecular flexibility index (Phi) is 4.54. The van der Waals surface area contributed by atoms with Crippen LogP contribution in [-0.2, 0) is 0 Å². The van der Waals surface area contributed by atoms with Gasteiger partial charge >= 0.3 is 0 Å². The van der Waals surface area contributed by atoms with E-state index in [-0.39, 0.29) is 5.91 Å². The van der Waals surface area contributed by atoms with E-state index < -0.39 is 8.07 Å². The van der Waals surface area contributed by atoms with E-state index in [1.165, 1.54) is 0 Å². The molecule has 0 spiro atoms. The molecule has 0 unspecified atom stereocenters. The second-order valence-corrected chi connectivity index (χ2v) is 9.25. The summed E-state index contributed by atoms with van der Waals surface area (Å²) in [5.74, 6) is -0.101. The molecule has 1 N–H and O–H groups in total. The Morgan fingerprint density at radius 1 is 1.53 bits per heavy atom. The van der Waals surface area contributed by atoms with Gasteiger partial charge in [-0.1, -0.05) is 42.5 Å². The van der Waals surface area contributed by atoms with Crippen molar-refractivity contribution in [2.24, 2.45) is 0 Å². The van der Waals surface area contributed by atoms with Gasteiger partial charge in [-0.15, -0.1) is 6.58 Å². The fourth-order valence-electron chi connectivity index (χ4n) is 1.65. The lowest BCUT2D eigenvalue weighted by molar-refractivity contribution is 0.0957. The van der Waals surface area contributed by atoms with E-state index in [1.54, 1.807) is 6.07 Å². The Bertz CT molecular complexity index is 443. The third-order valence-electron chi connectivity index (χ3n) is 2.78. The lowest BCUT2D eigenvalue weighted by atomic mass is 10.2. The van der Waals surface area contributed by atoms with Gasteiger partial charge in [0.25, 0.3) is 5.91 Å². The maximum absolute atomic E-state index is 12.0. The molecule has 0 heterocycles. The third kappa shape index (κ3) is 2.99. The second-order valence-electron chi connectivity index (χ2n) is 4.45. The molecule has 0 bridgehead atoms. The van der Waals surface area contributed by atoms with Crippen LogP contribution in [0, 0.1) is 0 Å². The Balaban J connectivity index is 3.36. The molecule has 0 aliphatic rings. The van der Waals surface area contributed by atoms with Crippen molar-refractivity contribution in [3.63, 3.8) is 0 Å². The molecule has 1 aromatic rings. The van der Waals surface area contributed by atoms with Crippen LogP contribution < -0.4 is 10.5 Å². The van der Waals surface area contributed by atoms with Gasteiger partial charge in [-0.25, -0.2) is 0 Å². The van der Waals surface area contributed by atoms with E-state index in [0.29, 0.717) is 17.1 Å². The summed E-state index contributed by atoms with van der Waals surface area (Å²) in [6, 6.07) is 5.62. The van der Waals surface area contributed by atoms with Crippen LogP contribution >= 0.6 is 11.6 Å². The predicted octanol–water partition coefficient (Wildman–Crippen LogP) is 2.73. The summed E-state index contributed by atoms with van der Waals surface area (Å²) < 4.78 is 0. The predicted molar refractivity (Wildman–Crippen MR) is 76.8 cm³/mol. The summed E-state index contributed by atoms with van der Waals surface area (Å²) in [5.41, 5.74) is 2.56. The summed E-state index contributed by atoms with van der Waals surface area (Å²) in [6.45, 7) is 10.7. The number of benzene rings is 1. The van der Waals surface area contributed by atoms with Crippen molar-refractivity contribution in [3.05, 3.63) is 41.1 Å². The molecule has 0 radical (unpaired) electrons. The van der Waals surface area contributed by atoms with Crippen molar-refractivity contribution in [2.45, 2.75) is 20.0 Å². The minimum absolute atomic E-state index is 0.101. The van der Waals surface area contributed by atoms with Crippen LogP contribution in [0.3, 0.4) is 0 Å². The quantitative estimate of drug-likeness (QED) is 0.835. The maximum atomic E-state index is 12.0. The first-order chi connectivity index (χ1) is 7.94. The van der Waals surface area contributed by atoms with E-state index in [4.69, 9.17) is 11.6 Å². The monoisotopic (exact) mass is 267 g/mol. The average molecular weight is 268 g/mol. The third-order valence-corrected chi connectivity index (χ3v) is 5.92. The number of hydrogen-bond donors (Lipinski definition) is 1. The normalized spacial score (nSPS) is 11.1. The minimum Gasteiger partial charge on any atom is -0.352 e. The zero-order valence-electron chi connectivity index (χ0n) is 10.5. The topological polar surface area (TPSA) is 29.1 Å². The van der Waals surface area contributed by atoms with Gasteiger partial charge < -0.3 is 5.32 Å². The first-order valence-electron chi connectivity index (χ1n) is 5.64. The number of nitrogens with one attached hydrogen (secondary N) is 1. The highest BCUT2D eigenvalue weighted by molar-refractivity contribution is 6.94. The van der Waals surface area contributed by atoms with Crippen LogP contribution in [0.15, 0.2) is 30.5 Å². The molecule has 0 aromatic heterocycles. The van der Waals surface area contributed by atoms with Crippen LogP contribution in [0.1, 0.15) is 17.3 Å². The van der Waals surface area contributed by atoms with E-state index in [9.17, 15) is 4.79 Å². The number of halogens is 1. The van der Waals surface area contributed by atoms with Gasteiger partial charge in [-0.3, -0.25) is 4.79 Å². The average Bonchev–Trinajstić information content (AvgIpc) is 2.28. The molecule has 0 aliphatic heterocycles. The first-order valence-corrected chi connectivity index (χ1v) is 9.10. The SMILES string of the molecule is C=C[Si](C)(C)c1cccc(Cl)c1C(=O)NCC. The Labute approximate surface area is 109 Å². The smallest absolute Gasteiger partial charge is 0.252 e. The van der Waals surface area contributed by atoms with E-state index in [0.717, 1.165) is 5.19 Å². The van der Waals surface area contributed by atoms with E-state index >= 15 is 0 Å². The van der Waals surface area contributed by atoms with Crippen LogP contribution in [0.2, 0.25) is 18.1 Å². The Morgan fingerprint density at radius 3 is 2.71 bits per heavy atom. The van der Waals surface area contributed by atoms with Gasteiger partial charge in [0.15, 0.2) is 0 Å². The van der Waals surface area contributed by atoms with Gasteiger partial charge in [-0.05, 0) is 18.2 Å². The molecule has 92 valence electrons. The van der Waals surface area contributed by atoms with Crippen molar-refractivity contribution < 1.29 is 4.79 Å². The first kappa shape index (κ1) is 14.0. The molecule has 17 heavy (non-hydrogen) atoms. The summed E-state index contributed by atoms with van der Waals surface area (Å²) in [7, 11) is -1.80. The van der Waals surface area contributed by atoms with E-state index in [2.05, 4.69) is 25.0 Å². The molecule has 0 atom stereocenters. The second kappa shape index (κ2) is 5.51. The summed E-state index contributed by atoms with van der Waals surface area (Å²) in [4.78, 5) is 12.0. The molecule has 0 saturated carbocycles. The van der Waals surface area contributed by atoms with E-state index in [1.807, 2.05) is 24.8 Å². The highest BCUT2D eigenvalue weighted by Gasteiger charge is 2.26. The Morgan fingerprint density at radius 2 is 2.18 bits per heavy atom. The van der Waals surface area contributed by atoms with Gasteiger partial charge in [0.05, 0.1) is 10.6 Å². The van der Waals surface area contributed by atoms with Gasteiger partial charge in [0, 0.05) is 6.54 Å². The highest BCUT2D eigenvalue weighted by Crippen LogP contribution is 2.17. The molecular formula is C13H18ClNOSi. The van der Waals surface area contributed by atoms with Crippen molar-refractivity contribution in [1.82, 2.24) is 5.32 Å². The number of rotatable bonds is 4. The summed E-state index contributed by atoms with van der Waals surface area (Å²) in [5, 5.41) is 4.35. The zero-order valence-corrected chi connectivity index (χ0v) is 12.3. The molecule has 1 aromatic carbocycles. The number of carbonyl (C=O) groups excluding carboxylic acids is 1. The summed E-state index contributed by atoms with van der Waals surface area (Å²) >= 11 is 6.15. The molecule has 1 amide bonds. The van der Waals surface area contributed by atoms with Crippen molar-refractivity contribution in [1.29, 1.82) is 0 Å². The van der Waals surface area contributed by atoms with Crippen LogP contribution in [-0.4, -0.2) is 20.5 Å². The lowest BCUT2D eigenvalue weighted by Gasteiger charge is -2.22. The Hall–Kier alpha value is -1.06. The maximum Gasteiger partial charge on any atom is 0.252 e. The highest BCUT2D eigenvalue weighted by atomic mass is 35.5. The number of carbonyl (C=O) groups is 1. The molecule has 4 heteroatoms. The minimum atomic E-state index is -1.80. The molecule has 0 saturated heterocycles. The van der Waals surface area contributed by atoms with Crippen molar-refractivity contribution in [3.8, 4) is 0 Å². The van der Waals surface area contributed by atoms with Gasteiger partial charge in [0.1, 0.15) is 8.07 Å². The molecule has 2 nitrogen and oxygen atoms in total. The molecule has 1 rings (SSSR count). The standard InChI is InChI=1S/C13H18ClNOSi/c1-5-15-13(16)12-10(14)8-7-9-11(12)17(3,4)6-2/h6-9H,2,5H2,1,3-4H3,(H,15,16). The van der Waals surface area contributed by atoms with Crippen molar-refractivity contribution >= 4 is 30.8 Å². The number of hydrogen-bond acceptors (Lipinski definition) is 1. The van der Waals surface area contributed by atoms with Gasteiger partial charge in [-0.2, -0.15) is 0 Å².